The van der Waals surface area contributed by atoms with E-state index in [9.17, 15) is 14.9 Å². The van der Waals surface area contributed by atoms with Gasteiger partial charge < -0.3 is 18.9 Å². The topological polar surface area (TPSA) is 97.1 Å². The van der Waals surface area contributed by atoms with Gasteiger partial charge in [0.1, 0.15) is 0 Å². The minimum absolute atomic E-state index is 0.0191. The van der Waals surface area contributed by atoms with Gasteiger partial charge in [-0.1, -0.05) is 0 Å². The molecule has 1 aliphatic rings. The Hall–Kier alpha value is -3.29. The smallest absolute Gasteiger partial charge is 0.344 e. The molecule has 0 radical (unpaired) electrons. The fourth-order valence-electron chi connectivity index (χ4n) is 3.69. The number of aryl methyl sites for hydroxylation is 1. The zero-order valence-electron chi connectivity index (χ0n) is 16.9. The van der Waals surface area contributed by atoms with Crippen molar-refractivity contribution in [3.8, 4) is 23.0 Å². The molecule has 0 amide bonds. The van der Waals surface area contributed by atoms with Crippen molar-refractivity contribution >= 4 is 11.7 Å². The van der Waals surface area contributed by atoms with Gasteiger partial charge in [0, 0.05) is 11.6 Å². The number of nitrogens with zero attached hydrogens (tertiary/aromatic N) is 1. The first-order valence-corrected chi connectivity index (χ1v) is 9.23. The van der Waals surface area contributed by atoms with Crippen molar-refractivity contribution in [3.05, 3.63) is 50.6 Å². The average Bonchev–Trinajstić information content (AvgIpc) is 2.74. The van der Waals surface area contributed by atoms with Crippen molar-refractivity contribution in [2.75, 3.05) is 21.3 Å². The Morgan fingerprint density at radius 2 is 1.59 bits per heavy atom. The molecule has 0 aromatic heterocycles. The fourth-order valence-corrected chi connectivity index (χ4v) is 3.69. The van der Waals surface area contributed by atoms with Crippen LogP contribution in [0.25, 0.3) is 0 Å². The van der Waals surface area contributed by atoms with Crippen LogP contribution in [0.3, 0.4) is 0 Å². The molecule has 2 aromatic carbocycles. The molecule has 2 aromatic rings. The number of rotatable bonds is 6. The van der Waals surface area contributed by atoms with E-state index in [-0.39, 0.29) is 28.5 Å². The molecule has 8 nitrogen and oxygen atoms in total. The van der Waals surface area contributed by atoms with Gasteiger partial charge in [-0.2, -0.15) is 0 Å². The minimum Gasteiger partial charge on any atom is -0.493 e. The summed E-state index contributed by atoms with van der Waals surface area (Å²) in [5.74, 6) is 0.147. The van der Waals surface area contributed by atoms with Crippen molar-refractivity contribution in [1.29, 1.82) is 0 Å². The van der Waals surface area contributed by atoms with Crippen LogP contribution in [0.1, 0.15) is 39.9 Å². The number of ether oxygens (including phenoxy) is 4. The van der Waals surface area contributed by atoms with Crippen molar-refractivity contribution in [2.45, 2.75) is 32.6 Å². The number of esters is 1. The molecule has 29 heavy (non-hydrogen) atoms. The van der Waals surface area contributed by atoms with Gasteiger partial charge in [0.05, 0.1) is 31.8 Å². The van der Waals surface area contributed by atoms with E-state index >= 15 is 0 Å². The summed E-state index contributed by atoms with van der Waals surface area (Å²) in [5, 5.41) is 11.6. The Morgan fingerprint density at radius 3 is 2.14 bits per heavy atom. The van der Waals surface area contributed by atoms with Gasteiger partial charge in [0.15, 0.2) is 11.5 Å². The summed E-state index contributed by atoms with van der Waals surface area (Å²) in [5.41, 5.74) is 2.53. The second kappa shape index (κ2) is 8.38. The van der Waals surface area contributed by atoms with Gasteiger partial charge in [-0.05, 0) is 55.9 Å². The van der Waals surface area contributed by atoms with E-state index < -0.39 is 10.9 Å². The molecule has 0 spiro atoms. The summed E-state index contributed by atoms with van der Waals surface area (Å²) >= 11 is 0. The number of hydrogen-bond donors (Lipinski definition) is 0. The van der Waals surface area contributed by atoms with Crippen LogP contribution in [0, 0.1) is 17.0 Å². The minimum atomic E-state index is -0.744. The normalized spacial score (nSPS) is 12.7. The lowest BCUT2D eigenvalue weighted by molar-refractivity contribution is -0.385. The van der Waals surface area contributed by atoms with Crippen LogP contribution in [0.2, 0.25) is 0 Å². The maximum Gasteiger partial charge on any atom is 0.344 e. The average molecular weight is 401 g/mol. The van der Waals surface area contributed by atoms with E-state index in [1.54, 1.807) is 6.92 Å². The van der Waals surface area contributed by atoms with E-state index in [0.717, 1.165) is 36.8 Å². The van der Waals surface area contributed by atoms with Gasteiger partial charge in [0.2, 0.25) is 11.5 Å². The standard InChI is InChI=1S/C21H23NO7/c1-12-15-8-6-5-7-13(15)9-16(22(24)25)19(12)29-21(23)14-10-17(26-2)20(28-4)18(11-14)27-3/h9-11H,5-8H2,1-4H3. The number of benzene rings is 2. The van der Waals surface area contributed by atoms with Crippen LogP contribution in [0.4, 0.5) is 5.69 Å². The summed E-state index contributed by atoms with van der Waals surface area (Å²) in [6, 6.07) is 4.42. The van der Waals surface area contributed by atoms with E-state index in [2.05, 4.69) is 0 Å². The molecular formula is C21H23NO7. The SMILES string of the molecule is COc1cc(C(=O)Oc2c([N+](=O)[O-])cc3c(c2C)CCCC3)cc(OC)c1OC. The monoisotopic (exact) mass is 401 g/mol. The van der Waals surface area contributed by atoms with Crippen molar-refractivity contribution in [2.24, 2.45) is 0 Å². The molecule has 0 aliphatic heterocycles. The third kappa shape index (κ3) is 3.83. The summed E-state index contributed by atoms with van der Waals surface area (Å²) < 4.78 is 21.3. The number of methoxy groups -OCH3 is 3. The van der Waals surface area contributed by atoms with Crippen LogP contribution in [-0.4, -0.2) is 32.2 Å². The number of hydrogen-bond acceptors (Lipinski definition) is 7. The lowest BCUT2D eigenvalue weighted by Gasteiger charge is -2.20. The number of carbonyl (C=O) groups excluding carboxylic acids is 1. The lowest BCUT2D eigenvalue weighted by Crippen LogP contribution is -2.14. The maximum absolute atomic E-state index is 12.8. The van der Waals surface area contributed by atoms with Crippen LogP contribution in [0.5, 0.6) is 23.0 Å². The second-order valence-corrected chi connectivity index (χ2v) is 6.76. The molecule has 8 heteroatoms. The number of nitro benzene ring substituents is 1. The van der Waals surface area contributed by atoms with Crippen molar-refractivity contribution < 1.29 is 28.7 Å². The third-order valence-corrected chi connectivity index (χ3v) is 5.14. The van der Waals surface area contributed by atoms with E-state index in [4.69, 9.17) is 18.9 Å². The molecule has 0 saturated carbocycles. The van der Waals surface area contributed by atoms with E-state index in [1.165, 1.54) is 39.5 Å². The molecule has 0 heterocycles. The van der Waals surface area contributed by atoms with Gasteiger partial charge in [0.25, 0.3) is 0 Å². The molecule has 0 bridgehead atoms. The van der Waals surface area contributed by atoms with E-state index in [1.807, 2.05) is 0 Å². The highest BCUT2D eigenvalue weighted by atomic mass is 16.6. The maximum atomic E-state index is 12.8. The summed E-state index contributed by atoms with van der Waals surface area (Å²) in [7, 11) is 4.33. The fraction of sp³-hybridized carbons (Fsp3) is 0.381. The highest BCUT2D eigenvalue weighted by Gasteiger charge is 2.28. The first kappa shape index (κ1) is 20.4. The predicted molar refractivity (Wildman–Crippen MR) is 106 cm³/mol. The Kier molecular flexibility index (Phi) is 5.91. The third-order valence-electron chi connectivity index (χ3n) is 5.14. The molecule has 0 unspecified atom stereocenters. The zero-order valence-corrected chi connectivity index (χ0v) is 16.9. The largest absolute Gasteiger partial charge is 0.493 e. The quantitative estimate of drug-likeness (QED) is 0.312. The van der Waals surface area contributed by atoms with Gasteiger partial charge in [-0.15, -0.1) is 0 Å². The number of nitro groups is 1. The molecule has 0 atom stereocenters. The van der Waals surface area contributed by atoms with E-state index in [0.29, 0.717) is 11.3 Å². The Morgan fingerprint density at radius 1 is 0.966 bits per heavy atom. The Balaban J connectivity index is 2.04. The summed E-state index contributed by atoms with van der Waals surface area (Å²) in [6.07, 6.45) is 3.60. The highest BCUT2D eigenvalue weighted by molar-refractivity contribution is 5.93. The first-order valence-electron chi connectivity index (χ1n) is 9.23. The van der Waals surface area contributed by atoms with Gasteiger partial charge in [-0.25, -0.2) is 4.79 Å². The zero-order chi connectivity index (χ0) is 21.1. The highest BCUT2D eigenvalue weighted by Crippen LogP contribution is 2.41. The van der Waals surface area contributed by atoms with Crippen LogP contribution < -0.4 is 18.9 Å². The van der Waals surface area contributed by atoms with Crippen LogP contribution in [-0.2, 0) is 12.8 Å². The summed E-state index contributed by atoms with van der Waals surface area (Å²) in [6.45, 7) is 1.76. The Bertz CT molecular complexity index is 943. The van der Waals surface area contributed by atoms with Crippen LogP contribution in [0.15, 0.2) is 18.2 Å². The molecule has 0 saturated heterocycles. The predicted octanol–water partition coefficient (Wildman–Crippen LogP) is 4.03. The van der Waals surface area contributed by atoms with Gasteiger partial charge >= 0.3 is 11.7 Å². The molecule has 0 N–H and O–H groups in total. The molecule has 154 valence electrons. The molecular weight excluding hydrogens is 378 g/mol. The molecule has 0 fully saturated rings. The second-order valence-electron chi connectivity index (χ2n) is 6.76. The number of carbonyl (C=O) groups is 1. The van der Waals surface area contributed by atoms with Crippen LogP contribution >= 0.6 is 0 Å². The lowest BCUT2D eigenvalue weighted by atomic mass is 9.87. The first-order chi connectivity index (χ1) is 13.9. The molecule has 1 aliphatic carbocycles. The van der Waals surface area contributed by atoms with Gasteiger partial charge in [-0.3, -0.25) is 10.1 Å². The van der Waals surface area contributed by atoms with Crippen molar-refractivity contribution in [3.63, 3.8) is 0 Å². The Labute approximate surface area is 168 Å². The molecule has 3 rings (SSSR count). The van der Waals surface area contributed by atoms with Crippen molar-refractivity contribution in [1.82, 2.24) is 0 Å². The summed E-state index contributed by atoms with van der Waals surface area (Å²) in [4.78, 5) is 24.0. The number of fused-ring (bicyclic) bond motifs is 1.